The molecule has 2 saturated heterocycles. The second-order valence-corrected chi connectivity index (χ2v) is 11.9. The zero-order valence-corrected chi connectivity index (χ0v) is 20.2. The quantitative estimate of drug-likeness (QED) is 0.531. The van der Waals surface area contributed by atoms with E-state index in [0.717, 1.165) is 5.56 Å². The molecule has 1 aliphatic carbocycles. The van der Waals surface area contributed by atoms with Gasteiger partial charge in [0.15, 0.2) is 9.84 Å². The maximum absolute atomic E-state index is 13.1. The number of carbonyl (C=O) groups is 2. The summed E-state index contributed by atoms with van der Waals surface area (Å²) < 4.78 is 29.7. The van der Waals surface area contributed by atoms with Crippen molar-refractivity contribution in [3.05, 3.63) is 35.9 Å². The first-order chi connectivity index (χ1) is 15.8. The largest absolute Gasteiger partial charge is 0.374 e. The van der Waals surface area contributed by atoms with E-state index in [1.807, 2.05) is 42.3 Å². The molecule has 3 fully saturated rings. The maximum Gasteiger partial charge on any atom is 0.242 e. The summed E-state index contributed by atoms with van der Waals surface area (Å²) in [5, 5.41) is 0. The fourth-order valence-electron chi connectivity index (χ4n) is 4.52. The van der Waals surface area contributed by atoms with Crippen LogP contribution in [0.2, 0.25) is 0 Å². The second-order valence-electron chi connectivity index (χ2n) is 9.72. The van der Waals surface area contributed by atoms with Gasteiger partial charge in [0, 0.05) is 45.2 Å². The van der Waals surface area contributed by atoms with Crippen LogP contribution in [0.5, 0.6) is 0 Å². The average molecular weight is 478 g/mol. The van der Waals surface area contributed by atoms with Crippen molar-refractivity contribution in [3.8, 4) is 0 Å². The van der Waals surface area contributed by atoms with Crippen molar-refractivity contribution >= 4 is 21.7 Å². The third kappa shape index (κ3) is 7.01. The van der Waals surface area contributed by atoms with E-state index in [1.165, 1.54) is 12.8 Å². The SMILES string of the molecule is CN(CCC(=O)N1CC(=O)N(Cc2ccccc2)C[C@@H](OCC2CC2)C1)[C@H]1CCS(=O)(=O)C1. The minimum Gasteiger partial charge on any atom is -0.374 e. The van der Waals surface area contributed by atoms with Crippen molar-refractivity contribution in [2.45, 2.75) is 44.4 Å². The van der Waals surface area contributed by atoms with Crippen molar-refractivity contribution in [1.82, 2.24) is 14.7 Å². The highest BCUT2D eigenvalue weighted by Crippen LogP contribution is 2.29. The summed E-state index contributed by atoms with van der Waals surface area (Å²) in [7, 11) is -1.09. The minimum atomic E-state index is -2.96. The summed E-state index contributed by atoms with van der Waals surface area (Å²) in [5.41, 5.74) is 1.06. The highest BCUT2D eigenvalue weighted by atomic mass is 32.2. The fraction of sp³-hybridized carbons (Fsp3) is 0.667. The molecule has 33 heavy (non-hydrogen) atoms. The Hall–Kier alpha value is -1.97. The molecular weight excluding hydrogens is 442 g/mol. The van der Waals surface area contributed by atoms with Crippen molar-refractivity contribution < 1.29 is 22.7 Å². The first-order valence-electron chi connectivity index (χ1n) is 11.9. The van der Waals surface area contributed by atoms with Crippen LogP contribution >= 0.6 is 0 Å². The Morgan fingerprint density at radius 2 is 1.91 bits per heavy atom. The average Bonchev–Trinajstić information content (AvgIpc) is 3.57. The van der Waals surface area contributed by atoms with E-state index in [4.69, 9.17) is 4.74 Å². The van der Waals surface area contributed by atoms with Gasteiger partial charge in [0.25, 0.3) is 0 Å². The summed E-state index contributed by atoms with van der Waals surface area (Å²) in [4.78, 5) is 31.5. The fourth-order valence-corrected chi connectivity index (χ4v) is 6.33. The third-order valence-electron chi connectivity index (χ3n) is 6.87. The van der Waals surface area contributed by atoms with Gasteiger partial charge < -0.3 is 19.4 Å². The van der Waals surface area contributed by atoms with Crippen LogP contribution in [0.25, 0.3) is 0 Å². The smallest absolute Gasteiger partial charge is 0.242 e. The zero-order chi connectivity index (χ0) is 23.4. The van der Waals surface area contributed by atoms with Crippen LogP contribution in [-0.2, 0) is 30.7 Å². The number of carbonyl (C=O) groups excluding carboxylic acids is 2. The van der Waals surface area contributed by atoms with Crippen LogP contribution in [0.15, 0.2) is 30.3 Å². The first kappa shape index (κ1) is 24.2. The van der Waals surface area contributed by atoms with Crippen LogP contribution in [0.4, 0.5) is 0 Å². The van der Waals surface area contributed by atoms with E-state index >= 15 is 0 Å². The van der Waals surface area contributed by atoms with Gasteiger partial charge in [-0.05, 0) is 37.8 Å². The molecule has 0 radical (unpaired) electrons. The Kier molecular flexibility index (Phi) is 7.71. The molecule has 8 nitrogen and oxygen atoms in total. The standard InChI is InChI=1S/C24H35N3O5S/c1-25(21-10-12-33(30,31)18-21)11-9-23(28)27-15-22(32-17-20-7-8-20)14-26(24(29)16-27)13-19-5-3-2-4-6-19/h2-6,20-22H,7-18H2,1H3/t21-,22+/m0/s1. The third-order valence-corrected chi connectivity index (χ3v) is 8.62. The molecule has 0 bridgehead atoms. The van der Waals surface area contributed by atoms with Gasteiger partial charge in [-0.15, -0.1) is 0 Å². The molecule has 2 atom stereocenters. The van der Waals surface area contributed by atoms with E-state index < -0.39 is 9.84 Å². The Bertz CT molecular complexity index is 935. The number of amides is 2. The number of hydrogen-bond donors (Lipinski definition) is 0. The van der Waals surface area contributed by atoms with Gasteiger partial charge in [-0.25, -0.2) is 8.42 Å². The van der Waals surface area contributed by atoms with E-state index in [0.29, 0.717) is 45.1 Å². The molecule has 0 unspecified atom stereocenters. The minimum absolute atomic E-state index is 0.0375. The molecule has 0 aromatic heterocycles. The Morgan fingerprint density at radius 1 is 1.15 bits per heavy atom. The number of hydrogen-bond acceptors (Lipinski definition) is 6. The van der Waals surface area contributed by atoms with Crippen LogP contribution in [0, 0.1) is 5.92 Å². The van der Waals surface area contributed by atoms with Crippen LogP contribution in [0.1, 0.15) is 31.2 Å². The summed E-state index contributed by atoms with van der Waals surface area (Å²) in [5.74, 6) is 0.823. The normalized spacial score (nSPS) is 25.5. The molecule has 9 heteroatoms. The molecule has 1 aromatic rings. The number of sulfone groups is 1. The molecule has 0 spiro atoms. The molecule has 4 rings (SSSR count). The van der Waals surface area contributed by atoms with Crippen LogP contribution in [0.3, 0.4) is 0 Å². The lowest BCUT2D eigenvalue weighted by molar-refractivity contribution is -0.139. The number of benzene rings is 1. The van der Waals surface area contributed by atoms with Crippen LogP contribution in [-0.4, -0.2) is 98.4 Å². The molecule has 3 aliphatic rings. The molecule has 1 saturated carbocycles. The second kappa shape index (κ2) is 10.5. The van der Waals surface area contributed by atoms with Crippen molar-refractivity contribution in [1.29, 1.82) is 0 Å². The number of nitrogens with zero attached hydrogens (tertiary/aromatic N) is 3. The molecular formula is C24H35N3O5S. The lowest BCUT2D eigenvalue weighted by atomic mass is 10.2. The summed E-state index contributed by atoms with van der Waals surface area (Å²) in [6.45, 7) is 2.60. The predicted octanol–water partition coefficient (Wildman–Crippen LogP) is 1.16. The van der Waals surface area contributed by atoms with E-state index in [1.54, 1.807) is 9.80 Å². The number of rotatable bonds is 9. The zero-order valence-electron chi connectivity index (χ0n) is 19.4. The van der Waals surface area contributed by atoms with Gasteiger partial charge in [-0.1, -0.05) is 30.3 Å². The van der Waals surface area contributed by atoms with Crippen molar-refractivity contribution in [2.24, 2.45) is 5.92 Å². The van der Waals surface area contributed by atoms with Crippen LogP contribution < -0.4 is 0 Å². The lowest BCUT2D eigenvalue weighted by Gasteiger charge is -2.26. The molecule has 2 heterocycles. The van der Waals surface area contributed by atoms with E-state index in [-0.39, 0.29) is 48.4 Å². The van der Waals surface area contributed by atoms with E-state index in [9.17, 15) is 18.0 Å². The summed E-state index contributed by atoms with van der Waals surface area (Å²) in [6, 6.07) is 9.83. The Balaban J connectivity index is 1.36. The highest BCUT2D eigenvalue weighted by Gasteiger charge is 2.34. The van der Waals surface area contributed by atoms with Gasteiger partial charge in [0.1, 0.15) is 0 Å². The molecule has 2 amide bonds. The highest BCUT2D eigenvalue weighted by molar-refractivity contribution is 7.91. The van der Waals surface area contributed by atoms with E-state index in [2.05, 4.69) is 0 Å². The molecule has 2 aliphatic heterocycles. The first-order valence-corrected chi connectivity index (χ1v) is 13.7. The van der Waals surface area contributed by atoms with Gasteiger partial charge in [0.2, 0.25) is 11.8 Å². The molecule has 1 aromatic carbocycles. The summed E-state index contributed by atoms with van der Waals surface area (Å²) in [6.07, 6.45) is 3.04. The molecule has 182 valence electrons. The topological polar surface area (TPSA) is 87.2 Å². The summed E-state index contributed by atoms with van der Waals surface area (Å²) >= 11 is 0. The lowest BCUT2D eigenvalue weighted by Crippen LogP contribution is -2.42. The van der Waals surface area contributed by atoms with Crippen molar-refractivity contribution in [2.75, 3.05) is 51.3 Å². The van der Waals surface area contributed by atoms with Crippen molar-refractivity contribution in [3.63, 3.8) is 0 Å². The van der Waals surface area contributed by atoms with Gasteiger partial charge >= 0.3 is 0 Å². The maximum atomic E-state index is 13.1. The van der Waals surface area contributed by atoms with Gasteiger partial charge in [-0.2, -0.15) is 0 Å². The Labute approximate surface area is 196 Å². The number of ether oxygens (including phenoxy) is 1. The Morgan fingerprint density at radius 3 is 2.58 bits per heavy atom. The van der Waals surface area contributed by atoms with Gasteiger partial charge in [0.05, 0.1) is 24.2 Å². The predicted molar refractivity (Wildman–Crippen MR) is 125 cm³/mol. The monoisotopic (exact) mass is 477 g/mol. The van der Waals surface area contributed by atoms with Gasteiger partial charge in [-0.3, -0.25) is 9.59 Å². The molecule has 0 N–H and O–H groups in total.